The van der Waals surface area contributed by atoms with Crippen molar-refractivity contribution >= 4 is 22.5 Å². The first-order chi connectivity index (χ1) is 15.4. The summed E-state index contributed by atoms with van der Waals surface area (Å²) < 4.78 is 15.8. The maximum Gasteiger partial charge on any atom is 0.331 e. The number of nitrogens with one attached hydrogen (secondary N) is 1. The van der Waals surface area contributed by atoms with Crippen LogP contribution in [0, 0.1) is 12.7 Å². The number of benzene rings is 3. The lowest BCUT2D eigenvalue weighted by Crippen LogP contribution is -2.42. The number of nitrogens with zero attached hydrogens (tertiary/aromatic N) is 2. The number of halogens is 1. The van der Waals surface area contributed by atoms with Crippen LogP contribution in [0.3, 0.4) is 0 Å². The summed E-state index contributed by atoms with van der Waals surface area (Å²) in [4.78, 5) is 38.9. The molecule has 1 N–H and O–H groups in total. The van der Waals surface area contributed by atoms with Crippen molar-refractivity contribution in [3.05, 3.63) is 111 Å². The van der Waals surface area contributed by atoms with Gasteiger partial charge in [0, 0.05) is 12.2 Å². The Morgan fingerprint density at radius 2 is 1.66 bits per heavy atom. The molecule has 162 valence electrons. The predicted molar refractivity (Wildman–Crippen MR) is 122 cm³/mol. The third-order valence-corrected chi connectivity index (χ3v) is 5.36. The predicted octanol–water partition coefficient (Wildman–Crippen LogP) is 3.49. The fraction of sp³-hybridized carbons (Fsp3) is 0.160. The molecule has 1 amide bonds. The molecule has 0 saturated carbocycles. The average molecular weight is 431 g/mol. The number of rotatable bonds is 6. The fourth-order valence-corrected chi connectivity index (χ4v) is 3.71. The molecule has 0 fully saturated rings. The highest BCUT2D eigenvalue weighted by atomic mass is 19.1. The van der Waals surface area contributed by atoms with Crippen LogP contribution in [0.15, 0.2) is 82.4 Å². The molecular weight excluding hydrogens is 409 g/mol. The zero-order chi connectivity index (χ0) is 22.7. The van der Waals surface area contributed by atoms with Crippen LogP contribution in [-0.2, 0) is 24.3 Å². The van der Waals surface area contributed by atoms with Gasteiger partial charge in [0.2, 0.25) is 5.91 Å². The zero-order valence-electron chi connectivity index (χ0n) is 17.5. The number of amides is 1. The number of hydrogen-bond donors (Lipinski definition) is 1. The first kappa shape index (κ1) is 21.2. The van der Waals surface area contributed by atoms with Crippen LogP contribution in [0.1, 0.15) is 11.1 Å². The van der Waals surface area contributed by atoms with Gasteiger partial charge in [-0.3, -0.25) is 18.7 Å². The minimum Gasteiger partial charge on any atom is -0.324 e. The lowest BCUT2D eigenvalue weighted by molar-refractivity contribution is -0.116. The summed E-state index contributed by atoms with van der Waals surface area (Å²) in [5.74, 6) is -0.839. The van der Waals surface area contributed by atoms with Crippen molar-refractivity contribution in [3.63, 3.8) is 0 Å². The number of hydrogen-bond acceptors (Lipinski definition) is 3. The Kier molecular flexibility index (Phi) is 5.98. The quantitative estimate of drug-likeness (QED) is 0.508. The molecular formula is C25H22FN3O3. The number of anilines is 1. The average Bonchev–Trinajstić information content (AvgIpc) is 2.79. The van der Waals surface area contributed by atoms with Crippen LogP contribution in [0.5, 0.6) is 0 Å². The maximum atomic E-state index is 13.3. The highest BCUT2D eigenvalue weighted by molar-refractivity contribution is 5.92. The second kappa shape index (κ2) is 9.01. The van der Waals surface area contributed by atoms with Crippen LogP contribution >= 0.6 is 0 Å². The van der Waals surface area contributed by atoms with Crippen LogP contribution in [0.2, 0.25) is 0 Å². The first-order valence-corrected chi connectivity index (χ1v) is 10.3. The molecule has 0 atom stereocenters. The summed E-state index contributed by atoms with van der Waals surface area (Å²) in [6, 6.07) is 20.4. The molecule has 7 heteroatoms. The molecule has 0 saturated heterocycles. The highest BCUT2D eigenvalue weighted by Gasteiger charge is 2.16. The fourth-order valence-electron chi connectivity index (χ4n) is 3.71. The monoisotopic (exact) mass is 431 g/mol. The van der Waals surface area contributed by atoms with Crippen LogP contribution < -0.4 is 16.6 Å². The van der Waals surface area contributed by atoms with Crippen molar-refractivity contribution in [1.29, 1.82) is 0 Å². The topological polar surface area (TPSA) is 73.1 Å². The van der Waals surface area contributed by atoms with E-state index in [9.17, 15) is 18.8 Å². The van der Waals surface area contributed by atoms with E-state index in [4.69, 9.17) is 0 Å². The van der Waals surface area contributed by atoms with Gasteiger partial charge in [-0.25, -0.2) is 9.18 Å². The van der Waals surface area contributed by atoms with Gasteiger partial charge in [-0.15, -0.1) is 0 Å². The lowest BCUT2D eigenvalue weighted by atomic mass is 10.1. The van der Waals surface area contributed by atoms with E-state index in [2.05, 4.69) is 5.32 Å². The van der Waals surface area contributed by atoms with Gasteiger partial charge in [0.05, 0.1) is 10.9 Å². The molecule has 0 aliphatic carbocycles. The molecule has 0 aliphatic rings. The summed E-state index contributed by atoms with van der Waals surface area (Å²) in [5, 5.41) is 3.08. The summed E-state index contributed by atoms with van der Waals surface area (Å²) in [5.41, 5.74) is 1.50. The van der Waals surface area contributed by atoms with E-state index < -0.39 is 17.4 Å². The third kappa shape index (κ3) is 4.37. The number of fused-ring (bicyclic) bond motifs is 1. The molecule has 4 rings (SSSR count). The smallest absolute Gasteiger partial charge is 0.324 e. The van der Waals surface area contributed by atoms with Crippen molar-refractivity contribution in [2.24, 2.45) is 0 Å². The number of para-hydroxylation sites is 1. The van der Waals surface area contributed by atoms with Crippen LogP contribution in [0.4, 0.5) is 10.1 Å². The van der Waals surface area contributed by atoms with Crippen molar-refractivity contribution in [2.75, 3.05) is 5.32 Å². The van der Waals surface area contributed by atoms with Gasteiger partial charge in [0.25, 0.3) is 5.56 Å². The molecule has 4 aromatic rings. The number of carbonyl (C=O) groups excluding carboxylic acids is 1. The molecule has 32 heavy (non-hydrogen) atoms. The minimum absolute atomic E-state index is 0.200. The number of carbonyl (C=O) groups is 1. The van der Waals surface area contributed by atoms with Gasteiger partial charge < -0.3 is 5.32 Å². The third-order valence-electron chi connectivity index (χ3n) is 5.36. The summed E-state index contributed by atoms with van der Waals surface area (Å²) in [6.07, 6.45) is 0.509. The van der Waals surface area contributed by atoms with Crippen molar-refractivity contribution in [1.82, 2.24) is 9.13 Å². The second-order valence-corrected chi connectivity index (χ2v) is 7.59. The number of aromatic nitrogens is 2. The molecule has 0 aliphatic heterocycles. The van der Waals surface area contributed by atoms with Gasteiger partial charge >= 0.3 is 5.69 Å². The van der Waals surface area contributed by atoms with E-state index in [-0.39, 0.29) is 18.6 Å². The Labute approximate surface area is 183 Å². The second-order valence-electron chi connectivity index (χ2n) is 7.59. The van der Waals surface area contributed by atoms with E-state index in [0.717, 1.165) is 5.56 Å². The van der Waals surface area contributed by atoms with E-state index in [0.29, 0.717) is 28.6 Å². The van der Waals surface area contributed by atoms with Crippen molar-refractivity contribution in [3.8, 4) is 0 Å². The van der Waals surface area contributed by atoms with Gasteiger partial charge in [-0.2, -0.15) is 0 Å². The maximum absolute atomic E-state index is 13.3. The summed E-state index contributed by atoms with van der Waals surface area (Å²) >= 11 is 0. The van der Waals surface area contributed by atoms with Crippen molar-refractivity contribution in [2.45, 2.75) is 26.4 Å². The summed E-state index contributed by atoms with van der Waals surface area (Å²) in [7, 11) is 0. The zero-order valence-corrected chi connectivity index (χ0v) is 17.5. The molecule has 0 bridgehead atoms. The SMILES string of the molecule is Cc1cc(F)ccc1NC(=O)Cn1c(=O)n(CCc2ccccc2)c(=O)c2ccccc21. The molecule has 0 radical (unpaired) electrons. The Bertz CT molecular complexity index is 1410. The largest absolute Gasteiger partial charge is 0.331 e. The lowest BCUT2D eigenvalue weighted by Gasteiger charge is -2.15. The van der Waals surface area contributed by atoms with E-state index in [1.807, 2.05) is 30.3 Å². The standard InChI is InChI=1S/C25H22FN3O3/c1-17-15-19(26)11-12-21(17)27-23(30)16-29-22-10-6-5-9-20(22)24(31)28(25(29)32)14-13-18-7-3-2-4-8-18/h2-12,15H,13-14,16H2,1H3,(H,27,30). The Balaban J connectivity index is 1.69. The van der Waals surface area contributed by atoms with E-state index in [1.165, 1.54) is 27.3 Å². The Morgan fingerprint density at radius 3 is 2.41 bits per heavy atom. The molecule has 0 unspecified atom stereocenters. The van der Waals surface area contributed by atoms with Gasteiger partial charge in [-0.1, -0.05) is 42.5 Å². The summed E-state index contributed by atoms with van der Waals surface area (Å²) in [6.45, 7) is 1.61. The van der Waals surface area contributed by atoms with Gasteiger partial charge in [0.15, 0.2) is 0 Å². The highest BCUT2D eigenvalue weighted by Crippen LogP contribution is 2.16. The molecule has 6 nitrogen and oxygen atoms in total. The van der Waals surface area contributed by atoms with E-state index >= 15 is 0 Å². The molecule has 0 spiro atoms. The van der Waals surface area contributed by atoms with Gasteiger partial charge in [-0.05, 0) is 54.8 Å². The molecule has 1 heterocycles. The minimum atomic E-state index is -0.546. The van der Waals surface area contributed by atoms with Gasteiger partial charge in [0.1, 0.15) is 12.4 Å². The Hall–Kier alpha value is -4.00. The molecule has 3 aromatic carbocycles. The first-order valence-electron chi connectivity index (χ1n) is 10.3. The Morgan fingerprint density at radius 1 is 0.938 bits per heavy atom. The molecule has 1 aromatic heterocycles. The van der Waals surface area contributed by atoms with E-state index in [1.54, 1.807) is 31.2 Å². The van der Waals surface area contributed by atoms with Crippen molar-refractivity contribution < 1.29 is 9.18 Å². The van der Waals surface area contributed by atoms with Crippen LogP contribution in [0.25, 0.3) is 10.9 Å². The number of aryl methyl sites for hydroxylation is 2. The normalized spacial score (nSPS) is 10.9. The van der Waals surface area contributed by atoms with Crippen LogP contribution in [-0.4, -0.2) is 15.0 Å².